The molecule has 1 N–H and O–H groups in total. The maximum Gasteiger partial charge on any atom is 0.305 e. The van der Waals surface area contributed by atoms with Crippen LogP contribution in [0.25, 0.3) is 0 Å². The minimum Gasteiger partial charge on any atom is -0.347 e. The Balaban J connectivity index is 2.23. The summed E-state index contributed by atoms with van der Waals surface area (Å²) in [7, 11) is 0. The Labute approximate surface area is 96.8 Å². The second-order valence-corrected chi connectivity index (χ2v) is 4.44. The highest BCUT2D eigenvalue weighted by atomic mass is 19.1. The summed E-state index contributed by atoms with van der Waals surface area (Å²) in [6.07, 6.45) is 1.78. The summed E-state index contributed by atoms with van der Waals surface area (Å²) in [5.74, 6) is -1.35. The van der Waals surface area contributed by atoms with Crippen molar-refractivity contribution < 1.29 is 14.1 Å². The number of nitro benzene ring substituents is 1. The van der Waals surface area contributed by atoms with Gasteiger partial charge in [0.15, 0.2) is 0 Å². The number of halogens is 1. The first-order chi connectivity index (χ1) is 7.91. The van der Waals surface area contributed by atoms with E-state index >= 15 is 0 Å². The molecular weight excluding hydrogens is 227 g/mol. The second-order valence-electron chi connectivity index (χ2n) is 4.44. The van der Waals surface area contributed by atoms with E-state index in [9.17, 15) is 19.3 Å². The number of carbonyl (C=O) groups excluding carboxylic acids is 1. The fourth-order valence-corrected chi connectivity index (χ4v) is 1.45. The van der Waals surface area contributed by atoms with Crippen LogP contribution in [-0.4, -0.2) is 16.4 Å². The zero-order chi connectivity index (χ0) is 12.6. The number of nitrogens with one attached hydrogen (secondary N) is 1. The van der Waals surface area contributed by atoms with Crippen LogP contribution in [0, 0.1) is 15.9 Å². The third-order valence-electron chi connectivity index (χ3n) is 2.82. The Morgan fingerprint density at radius 2 is 2.18 bits per heavy atom. The van der Waals surface area contributed by atoms with Gasteiger partial charge in [0.05, 0.1) is 4.92 Å². The van der Waals surface area contributed by atoms with Gasteiger partial charge >= 0.3 is 5.69 Å². The third kappa shape index (κ3) is 2.41. The first-order valence-electron chi connectivity index (χ1n) is 5.18. The highest BCUT2D eigenvalue weighted by Crippen LogP contribution is 2.34. The van der Waals surface area contributed by atoms with Gasteiger partial charge in [-0.1, -0.05) is 0 Å². The molecule has 1 aliphatic rings. The van der Waals surface area contributed by atoms with Gasteiger partial charge in [-0.15, -0.1) is 0 Å². The highest BCUT2D eigenvalue weighted by molar-refractivity contribution is 5.95. The molecule has 1 fully saturated rings. The van der Waals surface area contributed by atoms with Crippen LogP contribution in [0.1, 0.15) is 30.1 Å². The molecular formula is C11H11FN2O3. The fourth-order valence-electron chi connectivity index (χ4n) is 1.45. The lowest BCUT2D eigenvalue weighted by molar-refractivity contribution is -0.387. The van der Waals surface area contributed by atoms with Gasteiger partial charge in [-0.2, -0.15) is 4.39 Å². The Kier molecular flexibility index (Phi) is 2.57. The van der Waals surface area contributed by atoms with E-state index in [0.717, 1.165) is 25.0 Å². The average molecular weight is 238 g/mol. The van der Waals surface area contributed by atoms with Crippen LogP contribution in [0.3, 0.4) is 0 Å². The van der Waals surface area contributed by atoms with Crippen molar-refractivity contribution in [3.63, 3.8) is 0 Å². The maximum atomic E-state index is 13.1. The van der Waals surface area contributed by atoms with Crippen LogP contribution in [0.4, 0.5) is 10.1 Å². The van der Waals surface area contributed by atoms with E-state index in [1.54, 1.807) is 0 Å². The molecule has 1 aromatic carbocycles. The number of nitro groups is 1. The summed E-state index contributed by atoms with van der Waals surface area (Å²) in [6.45, 7) is 1.89. The molecule has 1 amide bonds. The smallest absolute Gasteiger partial charge is 0.305 e. The van der Waals surface area contributed by atoms with Crippen molar-refractivity contribution >= 4 is 11.6 Å². The number of benzene rings is 1. The molecule has 0 saturated heterocycles. The van der Waals surface area contributed by atoms with Crippen LogP contribution >= 0.6 is 0 Å². The fraction of sp³-hybridized carbons (Fsp3) is 0.364. The molecule has 0 unspecified atom stereocenters. The molecule has 0 atom stereocenters. The molecule has 1 aliphatic carbocycles. The quantitative estimate of drug-likeness (QED) is 0.646. The van der Waals surface area contributed by atoms with Crippen molar-refractivity contribution in [1.29, 1.82) is 0 Å². The van der Waals surface area contributed by atoms with Crippen molar-refractivity contribution in [2.45, 2.75) is 25.3 Å². The minimum absolute atomic E-state index is 0.103. The Bertz CT molecular complexity index is 497. The number of hydrogen-bond acceptors (Lipinski definition) is 3. The molecule has 2 rings (SSSR count). The standard InChI is InChI=1S/C11H11FN2O3/c1-11(4-5-11)13-10(15)7-2-3-8(12)9(6-7)14(16)17/h2-3,6H,4-5H2,1H3,(H,13,15). The van der Waals surface area contributed by atoms with E-state index in [1.807, 2.05) is 6.92 Å². The Morgan fingerprint density at radius 1 is 1.53 bits per heavy atom. The molecule has 1 aromatic rings. The molecule has 5 nitrogen and oxygen atoms in total. The normalized spacial score (nSPS) is 16.4. The van der Waals surface area contributed by atoms with Gasteiger partial charge < -0.3 is 5.32 Å². The van der Waals surface area contributed by atoms with Crippen LogP contribution < -0.4 is 5.32 Å². The second kappa shape index (κ2) is 3.80. The summed E-state index contributed by atoms with van der Waals surface area (Å²) in [5.41, 5.74) is -0.787. The van der Waals surface area contributed by atoms with Gasteiger partial charge in [-0.3, -0.25) is 14.9 Å². The van der Waals surface area contributed by atoms with Crippen molar-refractivity contribution in [1.82, 2.24) is 5.32 Å². The van der Waals surface area contributed by atoms with Gasteiger partial charge in [0.1, 0.15) is 0 Å². The number of carbonyl (C=O) groups is 1. The zero-order valence-electron chi connectivity index (χ0n) is 9.20. The van der Waals surface area contributed by atoms with E-state index in [0.29, 0.717) is 0 Å². The van der Waals surface area contributed by atoms with E-state index in [1.165, 1.54) is 6.07 Å². The highest BCUT2D eigenvalue weighted by Gasteiger charge is 2.39. The molecule has 0 bridgehead atoms. The summed E-state index contributed by atoms with van der Waals surface area (Å²) >= 11 is 0. The van der Waals surface area contributed by atoms with Gasteiger partial charge in [0, 0.05) is 17.2 Å². The third-order valence-corrected chi connectivity index (χ3v) is 2.82. The predicted octanol–water partition coefficient (Wildman–Crippen LogP) is 2.02. The van der Waals surface area contributed by atoms with E-state index < -0.39 is 22.3 Å². The van der Waals surface area contributed by atoms with Gasteiger partial charge in [-0.05, 0) is 31.9 Å². The van der Waals surface area contributed by atoms with Crippen molar-refractivity contribution in [2.75, 3.05) is 0 Å². The number of rotatable bonds is 3. The molecule has 6 heteroatoms. The molecule has 90 valence electrons. The lowest BCUT2D eigenvalue weighted by Crippen LogP contribution is -2.34. The summed E-state index contributed by atoms with van der Waals surface area (Å²) < 4.78 is 13.1. The average Bonchev–Trinajstić information content (AvgIpc) is 2.96. The lowest BCUT2D eigenvalue weighted by atomic mass is 10.1. The first kappa shape index (κ1) is 11.5. The molecule has 0 spiro atoms. The van der Waals surface area contributed by atoms with Crippen LogP contribution in [0.2, 0.25) is 0 Å². The van der Waals surface area contributed by atoms with Crippen LogP contribution in [-0.2, 0) is 0 Å². The molecule has 0 aliphatic heterocycles. The van der Waals surface area contributed by atoms with Crippen molar-refractivity contribution in [3.8, 4) is 0 Å². The Morgan fingerprint density at radius 3 is 2.71 bits per heavy atom. The van der Waals surface area contributed by atoms with Gasteiger partial charge in [0.25, 0.3) is 5.91 Å². The monoisotopic (exact) mass is 238 g/mol. The molecule has 0 heterocycles. The van der Waals surface area contributed by atoms with E-state index in [-0.39, 0.29) is 11.1 Å². The van der Waals surface area contributed by atoms with E-state index in [2.05, 4.69) is 5.32 Å². The van der Waals surface area contributed by atoms with Crippen molar-refractivity contribution in [2.24, 2.45) is 0 Å². The van der Waals surface area contributed by atoms with E-state index in [4.69, 9.17) is 0 Å². The number of nitrogens with zero attached hydrogens (tertiary/aromatic N) is 1. The summed E-state index contributed by atoms with van der Waals surface area (Å²) in [4.78, 5) is 21.4. The lowest BCUT2D eigenvalue weighted by Gasteiger charge is -2.11. The number of amides is 1. The summed E-state index contributed by atoms with van der Waals surface area (Å²) in [5, 5.41) is 13.3. The van der Waals surface area contributed by atoms with Crippen LogP contribution in [0.15, 0.2) is 18.2 Å². The topological polar surface area (TPSA) is 72.2 Å². The molecule has 0 aromatic heterocycles. The molecule has 0 radical (unpaired) electrons. The first-order valence-corrected chi connectivity index (χ1v) is 5.18. The summed E-state index contributed by atoms with van der Waals surface area (Å²) in [6, 6.07) is 3.13. The zero-order valence-corrected chi connectivity index (χ0v) is 9.20. The van der Waals surface area contributed by atoms with Crippen LogP contribution in [0.5, 0.6) is 0 Å². The van der Waals surface area contributed by atoms with Gasteiger partial charge in [0.2, 0.25) is 5.82 Å². The maximum absolute atomic E-state index is 13.1. The molecule has 17 heavy (non-hydrogen) atoms. The minimum atomic E-state index is -0.941. The largest absolute Gasteiger partial charge is 0.347 e. The Hall–Kier alpha value is -1.98. The SMILES string of the molecule is CC1(NC(=O)c2ccc(F)c([N+](=O)[O-])c2)CC1. The number of hydrogen-bond donors (Lipinski definition) is 1. The van der Waals surface area contributed by atoms with Gasteiger partial charge in [-0.25, -0.2) is 0 Å². The molecule has 1 saturated carbocycles. The van der Waals surface area contributed by atoms with Crippen molar-refractivity contribution in [3.05, 3.63) is 39.7 Å². The predicted molar refractivity (Wildman–Crippen MR) is 58.2 cm³/mol.